The van der Waals surface area contributed by atoms with Crippen molar-refractivity contribution in [2.45, 2.75) is 52.5 Å². The summed E-state index contributed by atoms with van der Waals surface area (Å²) in [6.45, 7) is 4.51. The van der Waals surface area contributed by atoms with Gasteiger partial charge in [-0.25, -0.2) is 0 Å². The highest BCUT2D eigenvalue weighted by Gasteiger charge is 2.29. The highest BCUT2D eigenvalue weighted by Crippen LogP contribution is 2.33. The van der Waals surface area contributed by atoms with E-state index in [9.17, 15) is 18.0 Å². The number of halogens is 3. The number of rotatable bonds is 8. The van der Waals surface area contributed by atoms with Crippen LogP contribution in [0.2, 0.25) is 0 Å². The molecule has 0 saturated heterocycles. The van der Waals surface area contributed by atoms with Gasteiger partial charge >= 0.3 is 6.18 Å². The number of carbonyl (C=O) groups excluding carboxylic acids is 1. The van der Waals surface area contributed by atoms with Crippen LogP contribution >= 0.6 is 34.9 Å². The topological polar surface area (TPSA) is 54.9 Å². The number of amides is 1. The first-order valence-electron chi connectivity index (χ1n) is 8.20. The second-order valence-corrected chi connectivity index (χ2v) is 9.90. The first kappa shape index (κ1) is 22.0. The van der Waals surface area contributed by atoms with Crippen LogP contribution in [0.5, 0.6) is 0 Å². The van der Waals surface area contributed by atoms with E-state index in [-0.39, 0.29) is 0 Å². The zero-order valence-corrected chi connectivity index (χ0v) is 17.5. The Bertz CT molecular complexity index is 748. The fraction of sp³-hybridized carbons (Fsp3) is 0.471. The zero-order valence-electron chi connectivity index (χ0n) is 15.0. The van der Waals surface area contributed by atoms with Crippen LogP contribution in [-0.2, 0) is 10.5 Å². The lowest BCUT2D eigenvalue weighted by Crippen LogP contribution is -2.37. The van der Waals surface area contributed by atoms with Crippen LogP contribution in [0, 0.1) is 0 Å². The number of thioether (sulfide) groups is 2. The molecule has 0 spiro atoms. The number of alkyl halides is 3. The van der Waals surface area contributed by atoms with E-state index in [1.165, 1.54) is 34.2 Å². The van der Waals surface area contributed by atoms with Gasteiger partial charge in [-0.2, -0.15) is 13.2 Å². The van der Waals surface area contributed by atoms with Gasteiger partial charge in [-0.15, -0.1) is 10.2 Å². The van der Waals surface area contributed by atoms with Gasteiger partial charge in [0.05, 0.1) is 5.25 Å². The number of nitrogens with one attached hydrogen (secondary N) is 1. The second-order valence-electron chi connectivity index (χ2n) is 6.11. The second kappa shape index (κ2) is 9.79. The average molecular weight is 436 g/mol. The summed E-state index contributed by atoms with van der Waals surface area (Å²) in [7, 11) is 0. The molecule has 2 rings (SSSR count). The molecule has 0 radical (unpaired) electrons. The number of benzene rings is 1. The van der Waals surface area contributed by atoms with Crippen molar-refractivity contribution < 1.29 is 18.0 Å². The molecule has 1 atom stereocenters. The normalized spacial score (nSPS) is 13.0. The van der Waals surface area contributed by atoms with Crippen molar-refractivity contribution in [3.05, 3.63) is 35.4 Å². The number of nitrogens with zero attached hydrogens (tertiary/aromatic N) is 2. The van der Waals surface area contributed by atoms with E-state index in [0.29, 0.717) is 10.3 Å². The maximum Gasteiger partial charge on any atom is 0.405 e. The minimum atomic E-state index is -4.42. The fourth-order valence-electron chi connectivity index (χ4n) is 1.98. The molecule has 1 N–H and O–H groups in total. The van der Waals surface area contributed by atoms with Crippen LogP contribution < -0.4 is 5.32 Å². The van der Waals surface area contributed by atoms with Gasteiger partial charge in [0.25, 0.3) is 0 Å². The van der Waals surface area contributed by atoms with Crippen molar-refractivity contribution in [2.75, 3.05) is 6.54 Å². The number of aromatic nitrogens is 2. The van der Waals surface area contributed by atoms with Crippen molar-refractivity contribution in [3.8, 4) is 0 Å². The van der Waals surface area contributed by atoms with Gasteiger partial charge in [0, 0.05) is 5.75 Å². The Morgan fingerprint density at radius 1 is 1.15 bits per heavy atom. The summed E-state index contributed by atoms with van der Waals surface area (Å²) in [5, 5.41) is 9.28. The largest absolute Gasteiger partial charge is 0.405 e. The number of hydrogen-bond donors (Lipinski definition) is 1. The first-order chi connectivity index (χ1) is 12.6. The number of hydrogen-bond acceptors (Lipinski definition) is 6. The molecule has 0 bridgehead atoms. The van der Waals surface area contributed by atoms with Crippen LogP contribution in [0.15, 0.2) is 32.9 Å². The molecule has 0 saturated carbocycles. The Morgan fingerprint density at radius 2 is 1.78 bits per heavy atom. The fourth-order valence-corrected chi connectivity index (χ4v) is 5.13. The van der Waals surface area contributed by atoms with E-state index in [1.54, 1.807) is 6.92 Å². The van der Waals surface area contributed by atoms with Gasteiger partial charge < -0.3 is 5.32 Å². The molecule has 0 aliphatic heterocycles. The van der Waals surface area contributed by atoms with Gasteiger partial charge in [-0.1, -0.05) is 73.0 Å². The molecule has 1 aromatic heterocycles. The summed E-state index contributed by atoms with van der Waals surface area (Å²) in [4.78, 5) is 11.7. The van der Waals surface area contributed by atoms with Gasteiger partial charge in [-0.3, -0.25) is 4.79 Å². The van der Waals surface area contributed by atoms with Gasteiger partial charge in [0.2, 0.25) is 5.91 Å². The molecular weight excluding hydrogens is 415 g/mol. The molecule has 1 unspecified atom stereocenters. The summed E-state index contributed by atoms with van der Waals surface area (Å²) >= 11 is 3.97. The molecule has 2 aromatic rings. The van der Waals surface area contributed by atoms with Crippen molar-refractivity contribution >= 4 is 40.8 Å². The molecular formula is C17H20F3N3OS3. The molecule has 0 fully saturated rings. The Morgan fingerprint density at radius 3 is 2.37 bits per heavy atom. The maximum atomic E-state index is 12.2. The zero-order chi connectivity index (χ0) is 20.0. The third-order valence-corrected chi connectivity index (χ3v) is 6.82. The predicted octanol–water partition coefficient (Wildman–Crippen LogP) is 5.11. The van der Waals surface area contributed by atoms with Gasteiger partial charge in [0.1, 0.15) is 6.54 Å². The summed E-state index contributed by atoms with van der Waals surface area (Å²) in [6, 6.07) is 8.41. The van der Waals surface area contributed by atoms with Crippen LogP contribution in [0.4, 0.5) is 13.2 Å². The van der Waals surface area contributed by atoms with E-state index < -0.39 is 23.9 Å². The lowest BCUT2D eigenvalue weighted by Gasteiger charge is -2.11. The molecule has 148 valence electrons. The van der Waals surface area contributed by atoms with E-state index in [4.69, 9.17) is 0 Å². The van der Waals surface area contributed by atoms with Crippen molar-refractivity contribution in [1.82, 2.24) is 15.5 Å². The minimum Gasteiger partial charge on any atom is -0.346 e. The Labute approximate surface area is 168 Å². The van der Waals surface area contributed by atoms with E-state index in [2.05, 4.69) is 48.3 Å². The minimum absolute atomic E-state index is 0.491. The SMILES string of the molecule is CC(Sc1nnc(SCc2ccc(C(C)C)cc2)s1)C(=O)NCC(F)(F)F. The molecule has 1 aromatic carbocycles. The molecule has 10 heteroatoms. The van der Waals surface area contributed by atoms with Crippen molar-refractivity contribution in [1.29, 1.82) is 0 Å². The first-order valence-corrected chi connectivity index (χ1v) is 10.9. The third kappa shape index (κ3) is 7.71. The molecule has 4 nitrogen and oxygen atoms in total. The molecule has 1 heterocycles. The molecule has 27 heavy (non-hydrogen) atoms. The Hall–Kier alpha value is -1.26. The lowest BCUT2D eigenvalue weighted by molar-refractivity contribution is -0.137. The van der Waals surface area contributed by atoms with Crippen LogP contribution in [0.25, 0.3) is 0 Å². The highest BCUT2D eigenvalue weighted by atomic mass is 32.2. The quantitative estimate of drug-likeness (QED) is 0.584. The number of carbonyl (C=O) groups is 1. The predicted molar refractivity (Wildman–Crippen MR) is 104 cm³/mol. The Kier molecular flexibility index (Phi) is 7.99. The Balaban J connectivity index is 1.82. The van der Waals surface area contributed by atoms with Crippen LogP contribution in [0.3, 0.4) is 0 Å². The highest BCUT2D eigenvalue weighted by molar-refractivity contribution is 8.03. The summed E-state index contributed by atoms with van der Waals surface area (Å²) in [5.74, 6) is 0.566. The smallest absolute Gasteiger partial charge is 0.346 e. The standard InChI is InChI=1S/C17H20F3N3OS3/c1-10(2)13-6-4-12(5-7-13)8-25-15-22-23-16(27-15)26-11(3)14(24)21-9-17(18,19)20/h4-7,10-11H,8-9H2,1-3H3,(H,21,24). The van der Waals surface area contributed by atoms with E-state index >= 15 is 0 Å². The summed E-state index contributed by atoms with van der Waals surface area (Å²) in [5.41, 5.74) is 2.46. The van der Waals surface area contributed by atoms with E-state index in [0.717, 1.165) is 21.9 Å². The average Bonchev–Trinajstić information content (AvgIpc) is 3.04. The molecule has 0 aliphatic rings. The molecule has 0 aliphatic carbocycles. The van der Waals surface area contributed by atoms with Crippen LogP contribution in [0.1, 0.15) is 37.8 Å². The summed E-state index contributed by atoms with van der Waals surface area (Å²) < 4.78 is 37.8. The maximum absolute atomic E-state index is 12.2. The lowest BCUT2D eigenvalue weighted by atomic mass is 10.0. The third-order valence-electron chi connectivity index (χ3n) is 3.51. The summed E-state index contributed by atoms with van der Waals surface area (Å²) in [6.07, 6.45) is -4.42. The van der Waals surface area contributed by atoms with Gasteiger partial charge in [-0.05, 0) is 24.0 Å². The van der Waals surface area contributed by atoms with Crippen molar-refractivity contribution in [2.24, 2.45) is 0 Å². The van der Waals surface area contributed by atoms with Gasteiger partial charge in [0.15, 0.2) is 8.68 Å². The monoisotopic (exact) mass is 435 g/mol. The van der Waals surface area contributed by atoms with Crippen molar-refractivity contribution in [3.63, 3.8) is 0 Å². The van der Waals surface area contributed by atoms with Crippen LogP contribution in [-0.4, -0.2) is 34.1 Å². The van der Waals surface area contributed by atoms with E-state index in [1.807, 2.05) is 5.32 Å². The molecule has 1 amide bonds.